The average molecular weight is 377 g/mol. The molecule has 0 unspecified atom stereocenters. The highest BCUT2D eigenvalue weighted by atomic mass is 32.1. The summed E-state index contributed by atoms with van der Waals surface area (Å²) in [4.78, 5) is 8.38. The Hall–Kier alpha value is -1.79. The van der Waals surface area contributed by atoms with E-state index in [4.69, 9.17) is 14.2 Å². The minimum Gasteiger partial charge on any atom is -0.493 e. The van der Waals surface area contributed by atoms with E-state index < -0.39 is 0 Å². The van der Waals surface area contributed by atoms with E-state index in [-0.39, 0.29) is 5.54 Å². The van der Waals surface area contributed by atoms with Gasteiger partial charge < -0.3 is 14.2 Å². The molecule has 0 radical (unpaired) electrons. The van der Waals surface area contributed by atoms with Crippen LogP contribution in [0.2, 0.25) is 0 Å². The van der Waals surface area contributed by atoms with E-state index in [0.717, 1.165) is 17.2 Å². The quantitative estimate of drug-likeness (QED) is 0.733. The van der Waals surface area contributed by atoms with Crippen LogP contribution in [0.4, 0.5) is 0 Å². The van der Waals surface area contributed by atoms with Crippen LogP contribution in [0.3, 0.4) is 0 Å². The molecular formula is C20H28N2O3S. The number of thiazole rings is 1. The minimum absolute atomic E-state index is 0.170. The van der Waals surface area contributed by atoms with Gasteiger partial charge in [-0.25, -0.2) is 4.98 Å². The predicted octanol–water partition coefficient (Wildman–Crippen LogP) is 4.67. The summed E-state index contributed by atoms with van der Waals surface area (Å²) in [6, 6.07) is 6.02. The van der Waals surface area contributed by atoms with Gasteiger partial charge in [-0.2, -0.15) is 0 Å². The maximum Gasteiger partial charge on any atom is 0.164 e. The lowest BCUT2D eigenvalue weighted by molar-refractivity contribution is 0.121. The van der Waals surface area contributed by atoms with E-state index >= 15 is 0 Å². The molecule has 1 aliphatic rings. The molecule has 1 aromatic carbocycles. The number of methoxy groups -OCH3 is 2. The first-order valence-electron chi connectivity index (χ1n) is 8.98. The SMILES string of the molecule is COc1ccc(OCc2cnc([C@@H]3CCCN3C(C)(C)C)s2)cc1OC. The van der Waals surface area contributed by atoms with Gasteiger partial charge in [0, 0.05) is 17.8 Å². The van der Waals surface area contributed by atoms with Crippen molar-refractivity contribution in [3.63, 3.8) is 0 Å². The van der Waals surface area contributed by atoms with Crippen LogP contribution in [0.25, 0.3) is 0 Å². The first kappa shape index (κ1) is 19.0. The molecule has 1 atom stereocenters. The molecule has 1 aromatic heterocycles. The molecule has 2 aromatic rings. The minimum atomic E-state index is 0.170. The van der Waals surface area contributed by atoms with Crippen molar-refractivity contribution in [1.82, 2.24) is 9.88 Å². The van der Waals surface area contributed by atoms with Crippen LogP contribution in [-0.4, -0.2) is 36.2 Å². The fourth-order valence-electron chi connectivity index (χ4n) is 3.43. The molecule has 6 heteroatoms. The number of hydrogen-bond donors (Lipinski definition) is 0. The Bertz CT molecular complexity index is 739. The molecule has 0 spiro atoms. The Labute approximate surface area is 159 Å². The lowest BCUT2D eigenvalue weighted by Gasteiger charge is -2.36. The molecule has 0 aliphatic carbocycles. The number of benzene rings is 1. The van der Waals surface area contributed by atoms with Crippen molar-refractivity contribution < 1.29 is 14.2 Å². The average Bonchev–Trinajstić information content (AvgIpc) is 3.28. The third-order valence-electron chi connectivity index (χ3n) is 4.71. The van der Waals surface area contributed by atoms with Gasteiger partial charge in [-0.3, -0.25) is 4.90 Å². The van der Waals surface area contributed by atoms with Crippen LogP contribution in [0.15, 0.2) is 24.4 Å². The number of ether oxygens (including phenoxy) is 3. The van der Waals surface area contributed by atoms with Crippen molar-refractivity contribution in [2.45, 2.75) is 51.8 Å². The Balaban J connectivity index is 1.66. The van der Waals surface area contributed by atoms with E-state index in [9.17, 15) is 0 Å². The van der Waals surface area contributed by atoms with Gasteiger partial charge in [0.05, 0.1) is 25.1 Å². The molecule has 0 saturated carbocycles. The van der Waals surface area contributed by atoms with Crippen LogP contribution in [-0.2, 0) is 6.61 Å². The highest BCUT2D eigenvalue weighted by Gasteiger charge is 2.35. The van der Waals surface area contributed by atoms with Gasteiger partial charge in [-0.05, 0) is 52.3 Å². The second kappa shape index (κ2) is 7.84. The lowest BCUT2D eigenvalue weighted by atomic mass is 10.0. The van der Waals surface area contributed by atoms with Crippen LogP contribution in [0.5, 0.6) is 17.2 Å². The van der Waals surface area contributed by atoms with Gasteiger partial charge >= 0.3 is 0 Å². The van der Waals surface area contributed by atoms with Crippen LogP contribution in [0.1, 0.15) is 49.5 Å². The number of nitrogens with zero attached hydrogens (tertiary/aromatic N) is 2. The zero-order valence-electron chi connectivity index (χ0n) is 16.2. The second-order valence-electron chi connectivity index (χ2n) is 7.49. The number of likely N-dealkylation sites (tertiary alicyclic amines) is 1. The van der Waals surface area contributed by atoms with Gasteiger partial charge in [0.15, 0.2) is 11.5 Å². The number of aromatic nitrogens is 1. The number of hydrogen-bond acceptors (Lipinski definition) is 6. The summed E-state index contributed by atoms with van der Waals surface area (Å²) in [5.74, 6) is 2.12. The van der Waals surface area contributed by atoms with Crippen molar-refractivity contribution in [3.05, 3.63) is 34.3 Å². The lowest BCUT2D eigenvalue weighted by Crippen LogP contribution is -2.40. The van der Waals surface area contributed by atoms with Crippen molar-refractivity contribution in [2.24, 2.45) is 0 Å². The molecule has 0 amide bonds. The predicted molar refractivity (Wildman–Crippen MR) is 104 cm³/mol. The third kappa shape index (κ3) is 4.13. The van der Waals surface area contributed by atoms with E-state index in [1.54, 1.807) is 25.6 Å². The van der Waals surface area contributed by atoms with Crippen LogP contribution in [0, 0.1) is 0 Å². The van der Waals surface area contributed by atoms with Gasteiger partial charge in [0.25, 0.3) is 0 Å². The van der Waals surface area contributed by atoms with Gasteiger partial charge in [-0.1, -0.05) is 0 Å². The molecule has 142 valence electrons. The highest BCUT2D eigenvalue weighted by molar-refractivity contribution is 7.11. The standard InChI is InChI=1S/C20H28N2O3S/c1-20(2,3)22-10-6-7-16(22)19-21-12-15(26-19)13-25-14-8-9-17(23-4)18(11-14)24-5/h8-9,11-12,16H,6-7,10,13H2,1-5H3/t16-/m0/s1. The Morgan fingerprint density at radius 2 is 1.96 bits per heavy atom. The van der Waals surface area contributed by atoms with E-state index in [1.165, 1.54) is 17.8 Å². The normalized spacial score (nSPS) is 18.1. The van der Waals surface area contributed by atoms with Crippen molar-refractivity contribution in [2.75, 3.05) is 20.8 Å². The molecular weight excluding hydrogens is 348 g/mol. The van der Waals surface area contributed by atoms with Crippen molar-refractivity contribution in [3.8, 4) is 17.2 Å². The molecule has 26 heavy (non-hydrogen) atoms. The molecule has 5 nitrogen and oxygen atoms in total. The van der Waals surface area contributed by atoms with Crippen LogP contribution >= 0.6 is 11.3 Å². The summed E-state index contributed by atoms with van der Waals surface area (Å²) in [6.07, 6.45) is 4.36. The largest absolute Gasteiger partial charge is 0.493 e. The Morgan fingerprint density at radius 1 is 1.19 bits per heavy atom. The van der Waals surface area contributed by atoms with Crippen LogP contribution < -0.4 is 14.2 Å². The van der Waals surface area contributed by atoms with Gasteiger partial charge in [-0.15, -0.1) is 11.3 Å². The highest BCUT2D eigenvalue weighted by Crippen LogP contribution is 2.39. The summed E-state index contributed by atoms with van der Waals surface area (Å²) in [7, 11) is 3.25. The molecule has 1 fully saturated rings. The summed E-state index contributed by atoms with van der Waals surface area (Å²) < 4.78 is 16.5. The van der Waals surface area contributed by atoms with Gasteiger partial charge in [0.2, 0.25) is 0 Å². The number of rotatable bonds is 6. The van der Waals surface area contributed by atoms with E-state index in [0.29, 0.717) is 24.1 Å². The monoisotopic (exact) mass is 376 g/mol. The van der Waals surface area contributed by atoms with Crippen molar-refractivity contribution in [1.29, 1.82) is 0 Å². The fraction of sp³-hybridized carbons (Fsp3) is 0.550. The third-order valence-corrected chi connectivity index (χ3v) is 5.78. The summed E-state index contributed by atoms with van der Waals surface area (Å²) >= 11 is 1.75. The molecule has 1 aliphatic heterocycles. The maximum atomic E-state index is 5.93. The Kier molecular flexibility index (Phi) is 5.73. The summed E-state index contributed by atoms with van der Waals surface area (Å²) in [5.41, 5.74) is 0.170. The molecule has 3 rings (SSSR count). The fourth-order valence-corrected chi connectivity index (χ4v) is 4.41. The first-order valence-corrected chi connectivity index (χ1v) is 9.80. The second-order valence-corrected chi connectivity index (χ2v) is 8.64. The van der Waals surface area contributed by atoms with Gasteiger partial charge in [0.1, 0.15) is 17.4 Å². The van der Waals surface area contributed by atoms with E-state index in [1.807, 2.05) is 24.4 Å². The maximum absolute atomic E-state index is 5.93. The van der Waals surface area contributed by atoms with E-state index in [2.05, 4.69) is 30.7 Å². The molecule has 1 saturated heterocycles. The molecule has 2 heterocycles. The summed E-state index contributed by atoms with van der Waals surface area (Å²) in [5, 5.41) is 1.20. The molecule has 0 bridgehead atoms. The summed E-state index contributed by atoms with van der Waals surface area (Å²) in [6.45, 7) is 8.49. The topological polar surface area (TPSA) is 43.8 Å². The zero-order valence-corrected chi connectivity index (χ0v) is 17.1. The molecule has 0 N–H and O–H groups in total. The zero-order chi connectivity index (χ0) is 18.7. The first-order chi connectivity index (χ1) is 12.4. The van der Waals surface area contributed by atoms with Crippen molar-refractivity contribution >= 4 is 11.3 Å². The smallest absolute Gasteiger partial charge is 0.164 e. The Morgan fingerprint density at radius 3 is 2.65 bits per heavy atom.